The third-order valence-electron chi connectivity index (χ3n) is 4.01. The summed E-state index contributed by atoms with van der Waals surface area (Å²) in [7, 11) is 0. The average molecular weight is 319 g/mol. The smallest absolute Gasteiger partial charge is 0.270 e. The quantitative estimate of drug-likeness (QED) is 0.607. The van der Waals surface area contributed by atoms with Gasteiger partial charge in [-0.15, -0.1) is 0 Å². The number of pyridine rings is 1. The second kappa shape index (κ2) is 5.81. The minimum absolute atomic E-state index is 0.123. The van der Waals surface area contributed by atoms with E-state index in [1.165, 1.54) is 0 Å². The molecular formula is C18H17N5O. The first-order chi connectivity index (χ1) is 11.7. The molecule has 3 aromatic heterocycles. The monoisotopic (exact) mass is 319 g/mol. The summed E-state index contributed by atoms with van der Waals surface area (Å²) in [6.45, 7) is 2.36. The third-order valence-corrected chi connectivity index (χ3v) is 4.01. The molecule has 0 saturated heterocycles. The molecule has 3 heterocycles. The zero-order valence-electron chi connectivity index (χ0n) is 13.3. The number of hydrogen-bond donors (Lipinski definition) is 2. The number of imidazole rings is 2. The van der Waals surface area contributed by atoms with Crippen LogP contribution >= 0.6 is 0 Å². The Balaban J connectivity index is 1.47. The molecule has 120 valence electrons. The van der Waals surface area contributed by atoms with Gasteiger partial charge in [0.2, 0.25) is 0 Å². The number of aromatic amines is 1. The predicted octanol–water partition coefficient (Wildman–Crippen LogP) is 2.49. The van der Waals surface area contributed by atoms with E-state index in [1.54, 1.807) is 0 Å². The normalized spacial score (nSPS) is 11.2. The standard InChI is InChI=1S/C18H17N5O/c1-12-17(23-11-5-4-8-16(23)20-12)18(24)19-10-9-15-21-13-6-2-3-7-14(13)22-15/h2-8,11H,9-10H2,1H3,(H,19,24)(H,21,22). The van der Waals surface area contributed by atoms with Gasteiger partial charge in [0.05, 0.1) is 16.7 Å². The fourth-order valence-corrected chi connectivity index (χ4v) is 2.89. The lowest BCUT2D eigenvalue weighted by Gasteiger charge is -2.05. The topological polar surface area (TPSA) is 75.1 Å². The zero-order valence-corrected chi connectivity index (χ0v) is 13.3. The highest BCUT2D eigenvalue weighted by atomic mass is 16.1. The molecule has 0 atom stereocenters. The Morgan fingerprint density at radius 1 is 1.17 bits per heavy atom. The van der Waals surface area contributed by atoms with Crippen molar-refractivity contribution in [3.8, 4) is 0 Å². The molecule has 0 unspecified atom stereocenters. The van der Waals surface area contributed by atoms with E-state index < -0.39 is 0 Å². The van der Waals surface area contributed by atoms with Crippen LogP contribution in [0.3, 0.4) is 0 Å². The maximum atomic E-state index is 12.5. The van der Waals surface area contributed by atoms with Gasteiger partial charge < -0.3 is 10.3 Å². The van der Waals surface area contributed by atoms with Crippen LogP contribution in [0.4, 0.5) is 0 Å². The van der Waals surface area contributed by atoms with Gasteiger partial charge in [0.15, 0.2) is 0 Å². The van der Waals surface area contributed by atoms with Crippen LogP contribution in [-0.2, 0) is 6.42 Å². The number of aryl methyl sites for hydroxylation is 1. The molecule has 1 amide bonds. The highest BCUT2D eigenvalue weighted by Gasteiger charge is 2.15. The number of aromatic nitrogens is 4. The van der Waals surface area contributed by atoms with Gasteiger partial charge in [0.25, 0.3) is 5.91 Å². The predicted molar refractivity (Wildman–Crippen MR) is 92.1 cm³/mol. The number of nitrogens with zero attached hydrogens (tertiary/aromatic N) is 3. The molecule has 0 aliphatic heterocycles. The summed E-state index contributed by atoms with van der Waals surface area (Å²) in [6, 6.07) is 13.6. The first-order valence-corrected chi connectivity index (χ1v) is 7.88. The van der Waals surface area contributed by atoms with Crippen molar-refractivity contribution in [2.24, 2.45) is 0 Å². The molecule has 2 N–H and O–H groups in total. The Morgan fingerprint density at radius 2 is 2.00 bits per heavy atom. The number of benzene rings is 1. The maximum absolute atomic E-state index is 12.5. The summed E-state index contributed by atoms with van der Waals surface area (Å²) < 4.78 is 1.81. The lowest BCUT2D eigenvalue weighted by molar-refractivity contribution is 0.0947. The number of carbonyl (C=O) groups is 1. The van der Waals surface area contributed by atoms with Crippen molar-refractivity contribution in [1.82, 2.24) is 24.7 Å². The number of nitrogens with one attached hydrogen (secondary N) is 2. The van der Waals surface area contributed by atoms with Crippen molar-refractivity contribution in [3.63, 3.8) is 0 Å². The Kier molecular flexibility index (Phi) is 3.49. The first-order valence-electron chi connectivity index (χ1n) is 7.88. The molecule has 0 aliphatic rings. The van der Waals surface area contributed by atoms with Gasteiger partial charge in [-0.2, -0.15) is 0 Å². The summed E-state index contributed by atoms with van der Waals surface area (Å²) in [5.41, 5.74) is 4.03. The van der Waals surface area contributed by atoms with E-state index in [-0.39, 0.29) is 5.91 Å². The number of rotatable bonds is 4. The van der Waals surface area contributed by atoms with E-state index in [4.69, 9.17) is 0 Å². The lowest BCUT2D eigenvalue weighted by Crippen LogP contribution is -2.27. The zero-order chi connectivity index (χ0) is 16.5. The van der Waals surface area contributed by atoms with E-state index >= 15 is 0 Å². The van der Waals surface area contributed by atoms with Crippen LogP contribution in [0.25, 0.3) is 16.7 Å². The lowest BCUT2D eigenvalue weighted by atomic mass is 10.3. The van der Waals surface area contributed by atoms with Gasteiger partial charge in [0, 0.05) is 19.2 Å². The van der Waals surface area contributed by atoms with Crippen LogP contribution in [-0.4, -0.2) is 31.8 Å². The minimum atomic E-state index is -0.123. The van der Waals surface area contributed by atoms with Gasteiger partial charge >= 0.3 is 0 Å². The Hall–Kier alpha value is -3.15. The molecule has 0 bridgehead atoms. The van der Waals surface area contributed by atoms with Crippen LogP contribution in [0.2, 0.25) is 0 Å². The molecule has 0 spiro atoms. The van der Waals surface area contributed by atoms with E-state index in [2.05, 4.69) is 20.3 Å². The highest BCUT2D eigenvalue weighted by Crippen LogP contribution is 2.12. The van der Waals surface area contributed by atoms with Gasteiger partial charge in [-0.05, 0) is 31.2 Å². The van der Waals surface area contributed by atoms with Crippen molar-refractivity contribution in [2.75, 3.05) is 6.54 Å². The average Bonchev–Trinajstić information content (AvgIpc) is 3.13. The van der Waals surface area contributed by atoms with E-state index in [0.29, 0.717) is 18.7 Å². The molecular weight excluding hydrogens is 302 g/mol. The van der Waals surface area contributed by atoms with Crippen molar-refractivity contribution in [1.29, 1.82) is 0 Å². The number of amides is 1. The van der Waals surface area contributed by atoms with Crippen LogP contribution in [0, 0.1) is 6.92 Å². The fourth-order valence-electron chi connectivity index (χ4n) is 2.89. The van der Waals surface area contributed by atoms with Crippen LogP contribution in [0.1, 0.15) is 22.0 Å². The molecule has 6 nitrogen and oxygen atoms in total. The van der Waals surface area contributed by atoms with Crippen LogP contribution in [0.5, 0.6) is 0 Å². The van der Waals surface area contributed by atoms with Crippen molar-refractivity contribution in [3.05, 3.63) is 65.9 Å². The molecule has 6 heteroatoms. The van der Waals surface area contributed by atoms with Gasteiger partial charge in [-0.3, -0.25) is 9.20 Å². The second-order valence-corrected chi connectivity index (χ2v) is 5.68. The van der Waals surface area contributed by atoms with Gasteiger partial charge in [0.1, 0.15) is 17.2 Å². The maximum Gasteiger partial charge on any atom is 0.270 e. The summed E-state index contributed by atoms with van der Waals surface area (Å²) in [6.07, 6.45) is 2.50. The Bertz CT molecular complexity index is 997. The largest absolute Gasteiger partial charge is 0.350 e. The molecule has 0 fully saturated rings. The van der Waals surface area contributed by atoms with Crippen LogP contribution < -0.4 is 5.32 Å². The van der Waals surface area contributed by atoms with Crippen molar-refractivity contribution < 1.29 is 4.79 Å². The molecule has 4 rings (SSSR count). The molecule has 0 aliphatic carbocycles. The summed E-state index contributed by atoms with van der Waals surface area (Å²) in [5.74, 6) is 0.744. The summed E-state index contributed by atoms with van der Waals surface area (Å²) in [4.78, 5) is 24.7. The van der Waals surface area contributed by atoms with Crippen molar-refractivity contribution in [2.45, 2.75) is 13.3 Å². The molecule has 0 radical (unpaired) electrons. The molecule has 0 saturated carbocycles. The molecule has 1 aromatic carbocycles. The minimum Gasteiger partial charge on any atom is -0.350 e. The molecule has 24 heavy (non-hydrogen) atoms. The van der Waals surface area contributed by atoms with Gasteiger partial charge in [-0.25, -0.2) is 9.97 Å². The number of hydrogen-bond acceptors (Lipinski definition) is 3. The van der Waals surface area contributed by atoms with Gasteiger partial charge in [-0.1, -0.05) is 18.2 Å². The summed E-state index contributed by atoms with van der Waals surface area (Å²) in [5, 5.41) is 2.95. The number of H-pyrrole nitrogens is 1. The van der Waals surface area contributed by atoms with Crippen molar-refractivity contribution >= 4 is 22.6 Å². The first kappa shape index (κ1) is 14.4. The second-order valence-electron chi connectivity index (χ2n) is 5.68. The fraction of sp³-hybridized carbons (Fsp3) is 0.167. The highest BCUT2D eigenvalue weighted by molar-refractivity contribution is 5.94. The van der Waals surface area contributed by atoms with E-state index in [1.807, 2.05) is 60.0 Å². The number of fused-ring (bicyclic) bond motifs is 2. The third kappa shape index (κ3) is 2.52. The Labute approximate surface area is 138 Å². The van der Waals surface area contributed by atoms with E-state index in [9.17, 15) is 4.79 Å². The van der Waals surface area contributed by atoms with E-state index in [0.717, 1.165) is 28.2 Å². The Morgan fingerprint density at radius 3 is 2.88 bits per heavy atom. The number of carbonyl (C=O) groups excluding carboxylic acids is 1. The molecule has 4 aromatic rings. The summed E-state index contributed by atoms with van der Waals surface area (Å²) >= 11 is 0. The number of para-hydroxylation sites is 2. The van der Waals surface area contributed by atoms with Crippen LogP contribution in [0.15, 0.2) is 48.7 Å². The SMILES string of the molecule is Cc1nc2ccccn2c1C(=O)NCCc1nc2ccccc2[nH]1.